The van der Waals surface area contributed by atoms with Crippen molar-refractivity contribution in [3.8, 4) is 0 Å². The number of hydrogen-bond acceptors (Lipinski definition) is 2. The molecule has 0 spiro atoms. The van der Waals surface area contributed by atoms with Crippen LogP contribution in [-0.4, -0.2) is 18.9 Å². The van der Waals surface area contributed by atoms with Gasteiger partial charge in [0.05, 0.1) is 0 Å². The van der Waals surface area contributed by atoms with Crippen molar-refractivity contribution >= 4 is 21.7 Å². The Bertz CT molecular complexity index is 446. The fourth-order valence-electron chi connectivity index (χ4n) is 1.97. The second-order valence-corrected chi connectivity index (χ2v) is 6.41. The normalized spacial score (nSPS) is 11.6. The maximum atomic E-state index is 13.9. The minimum absolute atomic E-state index is 0.182. The van der Waals surface area contributed by atoms with Crippen molar-refractivity contribution in [3.63, 3.8) is 0 Å². The Morgan fingerprint density at radius 2 is 2.11 bits per heavy atom. The number of benzene rings is 1. The summed E-state index contributed by atoms with van der Waals surface area (Å²) in [5.41, 5.74) is 0.408. The van der Waals surface area contributed by atoms with Crippen LogP contribution in [0.15, 0.2) is 22.7 Å². The number of rotatable bonds is 7. The van der Waals surface area contributed by atoms with Crippen LogP contribution in [0.2, 0.25) is 0 Å². The summed E-state index contributed by atoms with van der Waals surface area (Å²) in [6.45, 7) is 7.07. The van der Waals surface area contributed by atoms with Gasteiger partial charge in [-0.25, -0.2) is 4.39 Å². The van der Waals surface area contributed by atoms with E-state index in [1.807, 2.05) is 19.9 Å². The van der Waals surface area contributed by atoms with E-state index in [1.165, 1.54) is 6.07 Å². The second kappa shape index (κ2) is 7.15. The lowest BCUT2D eigenvalue weighted by Crippen LogP contribution is -2.34. The van der Waals surface area contributed by atoms with Crippen molar-refractivity contribution in [2.45, 2.75) is 39.0 Å². The summed E-state index contributed by atoms with van der Waals surface area (Å²) in [5.74, 6) is 0.0258. The number of carbonyl (C=O) groups excluding carboxylic acids is 1. The van der Waals surface area contributed by atoms with Gasteiger partial charge in [0, 0.05) is 22.9 Å². The fraction of sp³-hybridized carbons (Fsp3) is 0.533. The summed E-state index contributed by atoms with van der Waals surface area (Å²) >= 11 is 3.37. The van der Waals surface area contributed by atoms with Gasteiger partial charge in [-0.3, -0.25) is 0 Å². The Morgan fingerprint density at radius 1 is 1.42 bits per heavy atom. The predicted octanol–water partition coefficient (Wildman–Crippen LogP) is 3.82. The first-order valence-electron chi connectivity index (χ1n) is 6.48. The number of nitrogens with one attached hydrogen (secondary N) is 1. The molecule has 0 amide bonds. The molecule has 0 bridgehead atoms. The van der Waals surface area contributed by atoms with Crippen molar-refractivity contribution in [1.82, 2.24) is 5.32 Å². The molecule has 1 N–H and O–H groups in total. The zero-order valence-electron chi connectivity index (χ0n) is 11.7. The van der Waals surface area contributed by atoms with Gasteiger partial charge in [-0.05, 0) is 43.7 Å². The summed E-state index contributed by atoms with van der Waals surface area (Å²) in [7, 11) is 0. The highest BCUT2D eigenvalue weighted by atomic mass is 79.9. The monoisotopic (exact) mass is 329 g/mol. The minimum atomic E-state index is -0.288. The van der Waals surface area contributed by atoms with Crippen molar-refractivity contribution in [2.75, 3.05) is 13.1 Å². The maximum Gasteiger partial charge on any atom is 0.129 e. The lowest BCUT2D eigenvalue weighted by Gasteiger charge is -2.26. The van der Waals surface area contributed by atoms with Crippen molar-refractivity contribution in [2.24, 2.45) is 0 Å². The van der Waals surface area contributed by atoms with Crippen LogP contribution < -0.4 is 5.32 Å². The van der Waals surface area contributed by atoms with E-state index in [-0.39, 0.29) is 17.0 Å². The Morgan fingerprint density at radius 3 is 2.74 bits per heavy atom. The number of ketones is 1. The highest BCUT2D eigenvalue weighted by Gasteiger charge is 2.23. The van der Waals surface area contributed by atoms with Gasteiger partial charge in [-0.2, -0.15) is 0 Å². The van der Waals surface area contributed by atoms with Crippen molar-refractivity contribution < 1.29 is 9.18 Å². The van der Waals surface area contributed by atoms with E-state index >= 15 is 0 Å². The molecule has 1 aromatic carbocycles. The Balaban J connectivity index is 2.55. The van der Waals surface area contributed by atoms with Crippen LogP contribution in [0.3, 0.4) is 0 Å². The standard InChI is InChI=1S/C15H21BrFNO/c1-11(19)5-4-8-18-10-15(2,3)13-9-12(16)6-7-14(13)17/h6-7,9,18H,4-5,8,10H2,1-3H3. The number of halogens is 2. The molecule has 0 heterocycles. The van der Waals surface area contributed by atoms with E-state index in [4.69, 9.17) is 0 Å². The first kappa shape index (κ1) is 16.3. The molecule has 0 saturated carbocycles. The summed E-state index contributed by atoms with van der Waals surface area (Å²) in [5, 5.41) is 3.29. The molecule has 1 aromatic rings. The fourth-order valence-corrected chi connectivity index (χ4v) is 2.34. The van der Waals surface area contributed by atoms with Crippen LogP contribution in [0, 0.1) is 5.82 Å². The van der Waals surface area contributed by atoms with Crippen LogP contribution in [0.1, 0.15) is 39.2 Å². The zero-order valence-corrected chi connectivity index (χ0v) is 13.3. The average molecular weight is 330 g/mol. The highest BCUT2D eigenvalue weighted by Crippen LogP contribution is 2.27. The third-order valence-electron chi connectivity index (χ3n) is 3.11. The van der Waals surface area contributed by atoms with Gasteiger partial charge in [0.25, 0.3) is 0 Å². The molecule has 0 aliphatic heterocycles. The quantitative estimate of drug-likeness (QED) is 0.770. The minimum Gasteiger partial charge on any atom is -0.316 e. The van der Waals surface area contributed by atoms with Crippen LogP contribution in [0.5, 0.6) is 0 Å². The molecule has 0 saturated heterocycles. The topological polar surface area (TPSA) is 29.1 Å². The molecule has 0 aromatic heterocycles. The van der Waals surface area contributed by atoms with Crippen LogP contribution in [-0.2, 0) is 10.2 Å². The molecule has 0 aliphatic carbocycles. The summed E-state index contributed by atoms with van der Waals surface area (Å²) < 4.78 is 14.7. The van der Waals surface area contributed by atoms with Gasteiger partial charge in [0.2, 0.25) is 0 Å². The molecule has 4 heteroatoms. The predicted molar refractivity (Wildman–Crippen MR) is 79.9 cm³/mol. The van der Waals surface area contributed by atoms with Gasteiger partial charge in [0.15, 0.2) is 0 Å². The Labute approximate surface area is 122 Å². The molecular weight excluding hydrogens is 309 g/mol. The number of carbonyl (C=O) groups is 1. The van der Waals surface area contributed by atoms with E-state index in [0.29, 0.717) is 18.5 Å². The van der Waals surface area contributed by atoms with E-state index in [0.717, 1.165) is 17.4 Å². The smallest absolute Gasteiger partial charge is 0.129 e. The molecular formula is C15H21BrFNO. The molecule has 0 unspecified atom stereocenters. The SMILES string of the molecule is CC(=O)CCCNCC(C)(C)c1cc(Br)ccc1F. The number of hydrogen-bond donors (Lipinski definition) is 1. The number of Topliss-reactive ketones (excluding diaryl/α,β-unsaturated/α-hetero) is 1. The average Bonchev–Trinajstić information content (AvgIpc) is 2.31. The van der Waals surface area contributed by atoms with Crippen molar-refractivity contribution in [1.29, 1.82) is 0 Å². The zero-order chi connectivity index (χ0) is 14.5. The van der Waals surface area contributed by atoms with Gasteiger partial charge in [-0.15, -0.1) is 0 Å². The summed E-state index contributed by atoms with van der Waals surface area (Å²) in [4.78, 5) is 10.8. The first-order chi connectivity index (χ1) is 8.83. The molecule has 0 radical (unpaired) electrons. The Hall–Kier alpha value is -0.740. The largest absolute Gasteiger partial charge is 0.316 e. The lowest BCUT2D eigenvalue weighted by atomic mass is 9.84. The van der Waals surface area contributed by atoms with Crippen molar-refractivity contribution in [3.05, 3.63) is 34.1 Å². The van der Waals surface area contributed by atoms with Crippen LogP contribution in [0.4, 0.5) is 4.39 Å². The Kier molecular flexibility index (Phi) is 6.14. The van der Waals surface area contributed by atoms with Gasteiger partial charge in [-0.1, -0.05) is 29.8 Å². The lowest BCUT2D eigenvalue weighted by molar-refractivity contribution is -0.117. The second-order valence-electron chi connectivity index (χ2n) is 5.49. The van der Waals surface area contributed by atoms with E-state index in [1.54, 1.807) is 13.0 Å². The first-order valence-corrected chi connectivity index (χ1v) is 7.28. The maximum absolute atomic E-state index is 13.9. The van der Waals surface area contributed by atoms with Gasteiger partial charge >= 0.3 is 0 Å². The third kappa shape index (κ3) is 5.41. The molecule has 19 heavy (non-hydrogen) atoms. The van der Waals surface area contributed by atoms with E-state index < -0.39 is 0 Å². The van der Waals surface area contributed by atoms with Crippen LogP contribution >= 0.6 is 15.9 Å². The summed E-state index contributed by atoms with van der Waals surface area (Å²) in [6, 6.07) is 5.01. The third-order valence-corrected chi connectivity index (χ3v) is 3.60. The van der Waals surface area contributed by atoms with E-state index in [9.17, 15) is 9.18 Å². The molecule has 0 atom stereocenters. The molecule has 1 rings (SSSR count). The van der Waals surface area contributed by atoms with Gasteiger partial charge in [0.1, 0.15) is 11.6 Å². The molecule has 0 fully saturated rings. The molecule has 106 valence electrons. The highest BCUT2D eigenvalue weighted by molar-refractivity contribution is 9.10. The van der Waals surface area contributed by atoms with Gasteiger partial charge < -0.3 is 10.1 Å². The molecule has 0 aliphatic rings. The van der Waals surface area contributed by atoms with Crippen LogP contribution in [0.25, 0.3) is 0 Å². The molecule has 2 nitrogen and oxygen atoms in total. The van der Waals surface area contributed by atoms with E-state index in [2.05, 4.69) is 21.2 Å². The summed E-state index contributed by atoms with van der Waals surface area (Å²) in [6.07, 6.45) is 1.42.